The zero-order valence-electron chi connectivity index (χ0n) is 11.2. The fourth-order valence-electron chi connectivity index (χ4n) is 2.03. The van der Waals surface area contributed by atoms with E-state index in [1.807, 2.05) is 0 Å². The van der Waals surface area contributed by atoms with Crippen LogP contribution in [0.5, 0.6) is 0 Å². The number of nitrogens with one attached hydrogen (secondary N) is 1. The molecule has 1 N–H and O–H groups in total. The van der Waals surface area contributed by atoms with E-state index in [0.717, 1.165) is 25.3 Å². The molecule has 107 valence electrons. The lowest BCUT2D eigenvalue weighted by Crippen LogP contribution is -2.10. The predicted octanol–water partition coefficient (Wildman–Crippen LogP) is 4.66. The highest BCUT2D eigenvalue weighted by Gasteiger charge is 2.33. The van der Waals surface area contributed by atoms with Gasteiger partial charge in [-0.3, -0.25) is 0 Å². The van der Waals surface area contributed by atoms with E-state index in [4.69, 9.17) is 0 Å². The molecule has 0 unspecified atom stereocenters. The summed E-state index contributed by atoms with van der Waals surface area (Å²) >= 11 is 0. The van der Waals surface area contributed by atoms with Crippen LogP contribution in [0.2, 0.25) is 0 Å². The lowest BCUT2D eigenvalue weighted by Gasteiger charge is -2.13. The number of alkyl halides is 3. The van der Waals surface area contributed by atoms with Crippen molar-refractivity contribution in [2.24, 2.45) is 0 Å². The summed E-state index contributed by atoms with van der Waals surface area (Å²) in [6, 6.07) is 8.17. The SMILES string of the molecule is CCCCCNc1cc(C(F)(F)F)c2cc[c]cc2n1. The topological polar surface area (TPSA) is 24.9 Å². The van der Waals surface area contributed by atoms with E-state index in [-0.39, 0.29) is 11.2 Å². The van der Waals surface area contributed by atoms with Gasteiger partial charge in [0.25, 0.3) is 0 Å². The molecule has 0 aliphatic heterocycles. The van der Waals surface area contributed by atoms with Crippen LogP contribution in [0.15, 0.2) is 24.3 Å². The predicted molar refractivity (Wildman–Crippen MR) is 73.6 cm³/mol. The van der Waals surface area contributed by atoms with E-state index in [0.29, 0.717) is 12.1 Å². The highest BCUT2D eigenvalue weighted by Crippen LogP contribution is 2.35. The van der Waals surface area contributed by atoms with Crippen molar-refractivity contribution in [2.45, 2.75) is 32.4 Å². The molecule has 0 atom stereocenters. The number of unbranched alkanes of at least 4 members (excludes halogenated alkanes) is 2. The molecule has 2 nitrogen and oxygen atoms in total. The number of pyridine rings is 1. The zero-order chi connectivity index (χ0) is 14.6. The highest BCUT2D eigenvalue weighted by molar-refractivity contribution is 5.84. The lowest BCUT2D eigenvalue weighted by molar-refractivity contribution is -0.136. The molecule has 0 saturated carbocycles. The summed E-state index contributed by atoms with van der Waals surface area (Å²) in [6.45, 7) is 2.70. The summed E-state index contributed by atoms with van der Waals surface area (Å²) in [7, 11) is 0. The second kappa shape index (κ2) is 6.11. The summed E-state index contributed by atoms with van der Waals surface area (Å²) in [6.07, 6.45) is -1.36. The van der Waals surface area contributed by atoms with Crippen molar-refractivity contribution in [3.63, 3.8) is 0 Å². The van der Waals surface area contributed by atoms with Crippen molar-refractivity contribution >= 4 is 16.7 Å². The van der Waals surface area contributed by atoms with E-state index in [2.05, 4.69) is 23.3 Å². The van der Waals surface area contributed by atoms with Crippen molar-refractivity contribution < 1.29 is 13.2 Å². The maximum Gasteiger partial charge on any atom is 0.417 e. The van der Waals surface area contributed by atoms with Crippen LogP contribution in [0.25, 0.3) is 10.9 Å². The summed E-state index contributed by atoms with van der Waals surface area (Å²) in [4.78, 5) is 4.20. The molecule has 0 spiro atoms. The van der Waals surface area contributed by atoms with Gasteiger partial charge >= 0.3 is 6.18 Å². The average molecular weight is 281 g/mol. The minimum Gasteiger partial charge on any atom is -0.370 e. The Labute approximate surface area is 116 Å². The van der Waals surface area contributed by atoms with Gasteiger partial charge in [-0.2, -0.15) is 13.2 Å². The number of hydrogen-bond acceptors (Lipinski definition) is 2. The Morgan fingerprint density at radius 1 is 1.30 bits per heavy atom. The smallest absolute Gasteiger partial charge is 0.370 e. The Balaban J connectivity index is 2.32. The first-order valence-electron chi connectivity index (χ1n) is 6.64. The molecule has 20 heavy (non-hydrogen) atoms. The second-order valence-electron chi connectivity index (χ2n) is 4.63. The molecule has 0 aliphatic carbocycles. The van der Waals surface area contributed by atoms with Crippen molar-refractivity contribution in [1.82, 2.24) is 4.98 Å². The van der Waals surface area contributed by atoms with Gasteiger partial charge in [-0.25, -0.2) is 4.98 Å². The molecular formula is C15H16F3N2. The Hall–Kier alpha value is -1.78. The van der Waals surface area contributed by atoms with E-state index in [9.17, 15) is 13.2 Å². The molecule has 0 fully saturated rings. The first kappa shape index (κ1) is 14.6. The summed E-state index contributed by atoms with van der Waals surface area (Å²) in [5.41, 5.74) is -0.352. The van der Waals surface area contributed by atoms with Crippen LogP contribution in [0, 0.1) is 6.07 Å². The van der Waals surface area contributed by atoms with Crippen LogP contribution in [0.4, 0.5) is 19.0 Å². The number of aromatic nitrogens is 1. The molecule has 0 aliphatic rings. The normalized spacial score (nSPS) is 11.8. The largest absolute Gasteiger partial charge is 0.417 e. The van der Waals surface area contributed by atoms with E-state index in [1.54, 1.807) is 0 Å². The van der Waals surface area contributed by atoms with Gasteiger partial charge in [0.1, 0.15) is 5.82 Å². The molecule has 2 aromatic rings. The summed E-state index contributed by atoms with van der Waals surface area (Å²) in [5, 5.41) is 3.07. The van der Waals surface area contributed by atoms with Crippen LogP contribution in [0.3, 0.4) is 0 Å². The number of fused-ring (bicyclic) bond motifs is 1. The third-order valence-electron chi connectivity index (χ3n) is 3.05. The number of anilines is 1. The standard InChI is InChI=1S/C15H16F3N2/c1-2-3-6-9-19-14-10-12(15(16,17)18)11-7-4-5-8-13(11)20-14/h4,7-8,10H,2-3,6,9H2,1H3,(H,19,20). The summed E-state index contributed by atoms with van der Waals surface area (Å²) < 4.78 is 39.2. The minimum absolute atomic E-state index is 0.107. The fourth-order valence-corrected chi connectivity index (χ4v) is 2.03. The highest BCUT2D eigenvalue weighted by atomic mass is 19.4. The molecule has 0 bridgehead atoms. The van der Waals surface area contributed by atoms with Gasteiger partial charge in [-0.15, -0.1) is 0 Å². The second-order valence-corrected chi connectivity index (χ2v) is 4.63. The van der Waals surface area contributed by atoms with Crippen molar-refractivity contribution in [3.8, 4) is 0 Å². The Morgan fingerprint density at radius 3 is 2.80 bits per heavy atom. The minimum atomic E-state index is -4.39. The Morgan fingerprint density at radius 2 is 2.10 bits per heavy atom. The number of benzene rings is 1. The number of rotatable bonds is 5. The van der Waals surface area contributed by atoms with Crippen LogP contribution in [-0.2, 0) is 6.18 Å². The van der Waals surface area contributed by atoms with Crippen molar-refractivity contribution in [1.29, 1.82) is 0 Å². The monoisotopic (exact) mass is 281 g/mol. The number of halogens is 3. The third-order valence-corrected chi connectivity index (χ3v) is 3.05. The van der Waals surface area contributed by atoms with Crippen molar-refractivity contribution in [2.75, 3.05) is 11.9 Å². The van der Waals surface area contributed by atoms with Gasteiger partial charge in [0.15, 0.2) is 0 Å². The van der Waals surface area contributed by atoms with Crippen LogP contribution in [-0.4, -0.2) is 11.5 Å². The van der Waals surface area contributed by atoms with Gasteiger partial charge < -0.3 is 5.32 Å². The van der Waals surface area contributed by atoms with Crippen LogP contribution in [0.1, 0.15) is 31.7 Å². The van der Waals surface area contributed by atoms with Crippen LogP contribution >= 0.6 is 0 Å². The molecule has 1 radical (unpaired) electrons. The van der Waals surface area contributed by atoms with Crippen molar-refractivity contribution in [3.05, 3.63) is 35.9 Å². The van der Waals surface area contributed by atoms with Crippen LogP contribution < -0.4 is 5.32 Å². The quantitative estimate of drug-likeness (QED) is 0.806. The molecule has 5 heteroatoms. The van der Waals surface area contributed by atoms with E-state index < -0.39 is 11.7 Å². The first-order valence-corrected chi connectivity index (χ1v) is 6.64. The lowest BCUT2D eigenvalue weighted by atomic mass is 10.1. The molecule has 1 aromatic carbocycles. The fraction of sp³-hybridized carbons (Fsp3) is 0.400. The van der Waals surface area contributed by atoms with Gasteiger partial charge in [-0.1, -0.05) is 31.9 Å². The molecule has 0 amide bonds. The van der Waals surface area contributed by atoms with Gasteiger partial charge in [0.05, 0.1) is 11.1 Å². The molecule has 0 saturated heterocycles. The average Bonchev–Trinajstić information content (AvgIpc) is 2.42. The zero-order valence-corrected chi connectivity index (χ0v) is 11.2. The van der Waals surface area contributed by atoms with E-state index in [1.165, 1.54) is 18.2 Å². The number of nitrogens with zero attached hydrogens (tertiary/aromatic N) is 1. The van der Waals surface area contributed by atoms with Gasteiger partial charge in [0, 0.05) is 11.9 Å². The molecule has 1 aromatic heterocycles. The first-order chi connectivity index (χ1) is 9.52. The maximum atomic E-state index is 13.1. The Kier molecular flexibility index (Phi) is 4.47. The van der Waals surface area contributed by atoms with Gasteiger partial charge in [-0.05, 0) is 24.6 Å². The third kappa shape index (κ3) is 3.40. The Bertz CT molecular complexity index is 579. The van der Waals surface area contributed by atoms with Gasteiger partial charge in [0.2, 0.25) is 0 Å². The molecule has 1 heterocycles. The maximum absolute atomic E-state index is 13.1. The molecular weight excluding hydrogens is 265 g/mol. The number of hydrogen-bond donors (Lipinski definition) is 1. The molecule has 2 rings (SSSR count). The summed E-state index contributed by atoms with van der Waals surface area (Å²) in [5.74, 6) is 0.264. The van der Waals surface area contributed by atoms with E-state index >= 15 is 0 Å².